The summed E-state index contributed by atoms with van der Waals surface area (Å²) < 4.78 is 0. The predicted octanol–water partition coefficient (Wildman–Crippen LogP) is 1.70. The Hall–Kier alpha value is -0.590. The van der Waals surface area contributed by atoms with Crippen molar-refractivity contribution in [2.75, 3.05) is 0 Å². The minimum absolute atomic E-state index is 0.0384. The number of nitrogens with zero attached hydrogens (tertiary/aromatic N) is 1. The smallest absolute Gasteiger partial charge is 0.263 e. The first-order valence-corrected chi connectivity index (χ1v) is 5.61. The first-order valence-electron chi connectivity index (χ1n) is 5.61. The van der Waals surface area contributed by atoms with Gasteiger partial charge in [-0.1, -0.05) is 27.7 Å². The van der Waals surface area contributed by atoms with Crippen LogP contribution in [0.2, 0.25) is 0 Å². The molecule has 4 unspecified atom stereocenters. The normalized spacial score (nSPS) is 41.1. The van der Waals surface area contributed by atoms with E-state index in [-0.39, 0.29) is 11.8 Å². The maximum Gasteiger partial charge on any atom is 0.263 e. The average Bonchev–Trinajstić information content (AvgIpc) is 2.42. The summed E-state index contributed by atoms with van der Waals surface area (Å²) in [6, 6.07) is 0. The quantitative estimate of drug-likeness (QED) is 0.683. The Morgan fingerprint density at radius 1 is 1.27 bits per heavy atom. The van der Waals surface area contributed by atoms with Crippen LogP contribution in [0.1, 0.15) is 34.1 Å². The fraction of sp³-hybridized carbons (Fsp3) is 0.917. The summed E-state index contributed by atoms with van der Waals surface area (Å²) in [5.41, 5.74) is -0.783. The molecule has 4 atom stereocenters. The van der Waals surface area contributed by atoms with Crippen LogP contribution in [0.4, 0.5) is 0 Å². The van der Waals surface area contributed by atoms with Gasteiger partial charge >= 0.3 is 0 Å². The molecule has 3 heteroatoms. The van der Waals surface area contributed by atoms with Gasteiger partial charge in [-0.15, -0.1) is 0 Å². The molecule has 86 valence electrons. The molecule has 2 N–H and O–H groups in total. The number of hydrogen-bond acceptors (Lipinski definition) is 2. The first-order chi connectivity index (χ1) is 6.86. The van der Waals surface area contributed by atoms with Gasteiger partial charge in [0, 0.05) is 12.3 Å². The lowest BCUT2D eigenvalue weighted by Gasteiger charge is -2.24. The topological polar surface area (TPSA) is 44.8 Å². The van der Waals surface area contributed by atoms with Gasteiger partial charge in [-0.3, -0.25) is 0 Å². The van der Waals surface area contributed by atoms with E-state index < -0.39 is 17.7 Å². The van der Waals surface area contributed by atoms with Gasteiger partial charge in [0.15, 0.2) is 6.10 Å². The van der Waals surface area contributed by atoms with Gasteiger partial charge in [0.25, 0.3) is 5.54 Å². The van der Waals surface area contributed by atoms with Crippen LogP contribution in [-0.2, 0) is 0 Å². The summed E-state index contributed by atoms with van der Waals surface area (Å²) in [7, 11) is 0. The van der Waals surface area contributed by atoms with Gasteiger partial charge in [-0.25, -0.2) is 6.57 Å². The van der Waals surface area contributed by atoms with Crippen molar-refractivity contribution >= 4 is 0 Å². The van der Waals surface area contributed by atoms with Gasteiger partial charge in [0.1, 0.15) is 0 Å². The Labute approximate surface area is 91.9 Å². The van der Waals surface area contributed by atoms with Crippen LogP contribution in [0, 0.1) is 24.3 Å². The number of aliphatic hydroxyl groups excluding tert-OH is 2. The van der Waals surface area contributed by atoms with E-state index in [2.05, 4.69) is 4.85 Å². The molecule has 1 aliphatic rings. The molecule has 0 aromatic carbocycles. The fourth-order valence-corrected chi connectivity index (χ4v) is 2.60. The van der Waals surface area contributed by atoms with E-state index in [0.717, 1.165) is 0 Å². The second-order valence-corrected chi connectivity index (χ2v) is 5.31. The third-order valence-corrected chi connectivity index (χ3v) is 3.90. The number of aliphatic hydroxyl groups is 2. The van der Waals surface area contributed by atoms with Crippen molar-refractivity contribution in [1.29, 1.82) is 0 Å². The van der Waals surface area contributed by atoms with Gasteiger partial charge < -0.3 is 15.1 Å². The molecule has 0 aliphatic heterocycles. The standard InChI is InChI=1S/C12H21NO2/c1-7(2)9-6-12(13-5,8(3)4)11(15)10(9)14/h7-11,14-15H,6H2,1-4H3. The van der Waals surface area contributed by atoms with Crippen LogP contribution in [0.25, 0.3) is 4.85 Å². The zero-order chi connectivity index (χ0) is 11.8. The van der Waals surface area contributed by atoms with Crippen molar-refractivity contribution in [2.45, 2.75) is 51.9 Å². The molecule has 1 rings (SSSR count). The van der Waals surface area contributed by atoms with Crippen LogP contribution < -0.4 is 0 Å². The lowest BCUT2D eigenvalue weighted by Crippen LogP contribution is -2.43. The number of rotatable bonds is 2. The predicted molar refractivity (Wildman–Crippen MR) is 59.1 cm³/mol. The Morgan fingerprint density at radius 3 is 2.00 bits per heavy atom. The minimum Gasteiger partial charge on any atom is -0.390 e. The highest BCUT2D eigenvalue weighted by Gasteiger charge is 2.60. The van der Waals surface area contributed by atoms with Crippen molar-refractivity contribution in [3.63, 3.8) is 0 Å². The summed E-state index contributed by atoms with van der Waals surface area (Å²) in [5.74, 6) is 0.414. The molecular formula is C12H21NO2. The van der Waals surface area contributed by atoms with Crippen LogP contribution in [0.5, 0.6) is 0 Å². The molecule has 0 bridgehead atoms. The lowest BCUT2D eigenvalue weighted by molar-refractivity contribution is -0.0107. The third kappa shape index (κ3) is 1.77. The maximum atomic E-state index is 10.0. The van der Waals surface area contributed by atoms with E-state index in [1.807, 2.05) is 27.7 Å². The molecular weight excluding hydrogens is 190 g/mol. The van der Waals surface area contributed by atoms with Gasteiger partial charge in [-0.2, -0.15) is 0 Å². The molecule has 0 spiro atoms. The molecule has 1 saturated carbocycles. The zero-order valence-corrected chi connectivity index (χ0v) is 9.94. The molecule has 1 fully saturated rings. The maximum absolute atomic E-state index is 10.0. The third-order valence-electron chi connectivity index (χ3n) is 3.90. The van der Waals surface area contributed by atoms with E-state index >= 15 is 0 Å². The van der Waals surface area contributed by atoms with E-state index in [4.69, 9.17) is 6.57 Å². The van der Waals surface area contributed by atoms with Crippen molar-refractivity contribution < 1.29 is 10.2 Å². The van der Waals surface area contributed by atoms with E-state index in [0.29, 0.717) is 12.3 Å². The summed E-state index contributed by atoms with van der Waals surface area (Å²) in [6.45, 7) is 15.2. The Morgan fingerprint density at radius 2 is 1.80 bits per heavy atom. The Kier molecular flexibility index (Phi) is 3.42. The molecule has 15 heavy (non-hydrogen) atoms. The SMILES string of the molecule is [C-]#[N+]C1(C(C)C)CC(C(C)C)C(O)C1O. The van der Waals surface area contributed by atoms with E-state index in [9.17, 15) is 10.2 Å². The van der Waals surface area contributed by atoms with Crippen molar-refractivity contribution in [2.24, 2.45) is 17.8 Å². The molecule has 0 aromatic rings. The van der Waals surface area contributed by atoms with Gasteiger partial charge in [0.2, 0.25) is 0 Å². The Balaban J connectivity index is 3.01. The summed E-state index contributed by atoms with van der Waals surface area (Å²) in [4.78, 5) is 3.62. The second kappa shape index (κ2) is 4.11. The molecule has 0 aromatic heterocycles. The minimum atomic E-state index is -0.901. The fourth-order valence-electron chi connectivity index (χ4n) is 2.60. The molecule has 0 heterocycles. The molecule has 1 aliphatic carbocycles. The van der Waals surface area contributed by atoms with E-state index in [1.54, 1.807) is 0 Å². The van der Waals surface area contributed by atoms with Crippen LogP contribution in [-0.4, -0.2) is 28.0 Å². The van der Waals surface area contributed by atoms with Crippen LogP contribution in [0.15, 0.2) is 0 Å². The van der Waals surface area contributed by atoms with Crippen molar-refractivity contribution in [3.05, 3.63) is 11.4 Å². The van der Waals surface area contributed by atoms with Crippen molar-refractivity contribution in [3.8, 4) is 0 Å². The van der Waals surface area contributed by atoms with Gasteiger partial charge in [-0.05, 0) is 11.8 Å². The zero-order valence-electron chi connectivity index (χ0n) is 9.94. The van der Waals surface area contributed by atoms with Crippen molar-refractivity contribution in [1.82, 2.24) is 0 Å². The molecule has 0 saturated heterocycles. The Bertz CT molecular complexity index is 269. The van der Waals surface area contributed by atoms with Crippen LogP contribution >= 0.6 is 0 Å². The largest absolute Gasteiger partial charge is 0.390 e. The highest BCUT2D eigenvalue weighted by Crippen LogP contribution is 2.45. The molecule has 0 radical (unpaired) electrons. The summed E-state index contributed by atoms with van der Waals surface area (Å²) >= 11 is 0. The lowest BCUT2D eigenvalue weighted by atomic mass is 9.82. The van der Waals surface area contributed by atoms with E-state index in [1.165, 1.54) is 0 Å². The average molecular weight is 211 g/mol. The molecule has 3 nitrogen and oxygen atoms in total. The second-order valence-electron chi connectivity index (χ2n) is 5.31. The van der Waals surface area contributed by atoms with Gasteiger partial charge in [0.05, 0.1) is 6.10 Å². The number of hydrogen-bond donors (Lipinski definition) is 2. The van der Waals surface area contributed by atoms with Crippen LogP contribution in [0.3, 0.4) is 0 Å². The summed E-state index contributed by atoms with van der Waals surface area (Å²) in [6.07, 6.45) is -1.04. The first kappa shape index (κ1) is 12.5. The monoisotopic (exact) mass is 211 g/mol. The molecule has 0 amide bonds. The summed E-state index contributed by atoms with van der Waals surface area (Å²) in [5, 5.41) is 20.0. The highest BCUT2D eigenvalue weighted by atomic mass is 16.3. The highest BCUT2D eigenvalue weighted by molar-refractivity contribution is 5.16.